The predicted octanol–water partition coefficient (Wildman–Crippen LogP) is 2.30. The SMILES string of the molecule is Cn1ccnc1CC=CCCBr. The monoisotopic (exact) mass is 228 g/mol. The molecule has 0 amide bonds. The van der Waals surface area contributed by atoms with Crippen molar-refractivity contribution >= 4 is 15.9 Å². The second-order valence-electron chi connectivity index (χ2n) is 2.61. The number of allylic oxidation sites excluding steroid dienone is 2. The van der Waals surface area contributed by atoms with Crippen LogP contribution in [0.1, 0.15) is 12.2 Å². The molecular formula is C9H13BrN2. The summed E-state index contributed by atoms with van der Waals surface area (Å²) in [4.78, 5) is 4.21. The van der Waals surface area contributed by atoms with Crippen LogP contribution in [0.4, 0.5) is 0 Å². The lowest BCUT2D eigenvalue weighted by molar-refractivity contribution is 0.829. The summed E-state index contributed by atoms with van der Waals surface area (Å²) in [5.74, 6) is 1.11. The molecule has 1 heterocycles. The van der Waals surface area contributed by atoms with Gasteiger partial charge in [-0.15, -0.1) is 0 Å². The molecule has 66 valence electrons. The molecule has 1 rings (SSSR count). The first-order valence-electron chi connectivity index (χ1n) is 4.01. The Labute approximate surface area is 81.4 Å². The molecule has 0 spiro atoms. The molecule has 1 aromatic heterocycles. The molecule has 0 aliphatic rings. The second kappa shape index (κ2) is 5.14. The maximum Gasteiger partial charge on any atom is 0.112 e. The Hall–Kier alpha value is -0.570. The van der Waals surface area contributed by atoms with E-state index in [-0.39, 0.29) is 0 Å². The largest absolute Gasteiger partial charge is 0.338 e. The van der Waals surface area contributed by atoms with Gasteiger partial charge in [-0.3, -0.25) is 0 Å². The highest BCUT2D eigenvalue weighted by molar-refractivity contribution is 9.09. The van der Waals surface area contributed by atoms with Crippen LogP contribution >= 0.6 is 15.9 Å². The van der Waals surface area contributed by atoms with Crippen LogP contribution in [-0.4, -0.2) is 14.9 Å². The summed E-state index contributed by atoms with van der Waals surface area (Å²) in [5.41, 5.74) is 0. The van der Waals surface area contributed by atoms with Crippen molar-refractivity contribution in [3.8, 4) is 0 Å². The molecule has 0 saturated heterocycles. The van der Waals surface area contributed by atoms with Gasteiger partial charge in [-0.2, -0.15) is 0 Å². The van der Waals surface area contributed by atoms with Gasteiger partial charge in [0.05, 0.1) is 0 Å². The Balaban J connectivity index is 2.37. The van der Waals surface area contributed by atoms with E-state index in [4.69, 9.17) is 0 Å². The fourth-order valence-electron chi connectivity index (χ4n) is 0.963. The first kappa shape index (κ1) is 9.52. The van der Waals surface area contributed by atoms with Gasteiger partial charge in [-0.05, 0) is 6.42 Å². The molecule has 0 aromatic carbocycles. The number of rotatable bonds is 4. The van der Waals surface area contributed by atoms with Crippen molar-refractivity contribution in [1.29, 1.82) is 0 Å². The lowest BCUT2D eigenvalue weighted by Gasteiger charge is -1.95. The number of hydrogen-bond donors (Lipinski definition) is 0. The number of imidazole rings is 1. The lowest BCUT2D eigenvalue weighted by Crippen LogP contribution is -1.94. The van der Waals surface area contributed by atoms with Crippen molar-refractivity contribution < 1.29 is 0 Å². The maximum absolute atomic E-state index is 4.21. The van der Waals surface area contributed by atoms with E-state index in [1.54, 1.807) is 0 Å². The highest BCUT2D eigenvalue weighted by atomic mass is 79.9. The fourth-order valence-corrected chi connectivity index (χ4v) is 1.23. The summed E-state index contributed by atoms with van der Waals surface area (Å²) in [6.45, 7) is 0. The van der Waals surface area contributed by atoms with Gasteiger partial charge >= 0.3 is 0 Å². The van der Waals surface area contributed by atoms with Gasteiger partial charge in [0.2, 0.25) is 0 Å². The number of aromatic nitrogens is 2. The van der Waals surface area contributed by atoms with Crippen LogP contribution in [0.25, 0.3) is 0 Å². The molecule has 0 radical (unpaired) electrons. The van der Waals surface area contributed by atoms with E-state index in [1.165, 1.54) is 0 Å². The van der Waals surface area contributed by atoms with Gasteiger partial charge in [0.1, 0.15) is 5.82 Å². The number of nitrogens with zero attached hydrogens (tertiary/aromatic N) is 2. The number of hydrogen-bond acceptors (Lipinski definition) is 1. The molecule has 0 N–H and O–H groups in total. The minimum absolute atomic E-state index is 0.927. The quantitative estimate of drug-likeness (QED) is 0.572. The van der Waals surface area contributed by atoms with Crippen LogP contribution < -0.4 is 0 Å². The molecule has 1 aromatic rings. The van der Waals surface area contributed by atoms with Gasteiger partial charge in [-0.1, -0.05) is 28.1 Å². The zero-order valence-electron chi connectivity index (χ0n) is 7.20. The molecule has 0 unspecified atom stereocenters. The minimum Gasteiger partial charge on any atom is -0.338 e. The first-order chi connectivity index (χ1) is 5.84. The standard InChI is InChI=1S/C9H13BrN2/c1-12-8-7-11-9(12)5-3-2-4-6-10/h2-3,7-8H,4-6H2,1H3. The Morgan fingerprint density at radius 3 is 3.00 bits per heavy atom. The van der Waals surface area contributed by atoms with E-state index in [0.29, 0.717) is 0 Å². The highest BCUT2D eigenvalue weighted by Crippen LogP contribution is 1.97. The number of halogens is 1. The van der Waals surface area contributed by atoms with E-state index in [9.17, 15) is 0 Å². The molecule has 0 bridgehead atoms. The zero-order valence-corrected chi connectivity index (χ0v) is 8.79. The fraction of sp³-hybridized carbons (Fsp3) is 0.444. The molecule has 0 aliphatic carbocycles. The normalized spacial score (nSPS) is 11.2. The third-order valence-electron chi connectivity index (χ3n) is 1.66. The molecule has 2 nitrogen and oxygen atoms in total. The Morgan fingerprint density at radius 2 is 2.42 bits per heavy atom. The molecule has 0 saturated carbocycles. The van der Waals surface area contributed by atoms with E-state index >= 15 is 0 Å². The zero-order chi connectivity index (χ0) is 8.81. The third-order valence-corrected chi connectivity index (χ3v) is 2.12. The average Bonchev–Trinajstić information content (AvgIpc) is 2.46. The van der Waals surface area contributed by atoms with Gasteiger partial charge < -0.3 is 4.57 Å². The van der Waals surface area contributed by atoms with Crippen LogP contribution in [0.2, 0.25) is 0 Å². The summed E-state index contributed by atoms with van der Waals surface area (Å²) < 4.78 is 2.04. The van der Waals surface area contributed by atoms with Crippen LogP contribution in [-0.2, 0) is 13.5 Å². The Bertz CT molecular complexity index is 253. The van der Waals surface area contributed by atoms with E-state index in [2.05, 4.69) is 33.1 Å². The van der Waals surface area contributed by atoms with E-state index < -0.39 is 0 Å². The van der Waals surface area contributed by atoms with Gasteiger partial charge in [0, 0.05) is 31.2 Å². The summed E-state index contributed by atoms with van der Waals surface area (Å²) >= 11 is 3.37. The van der Waals surface area contributed by atoms with Crippen LogP contribution in [0.5, 0.6) is 0 Å². The van der Waals surface area contributed by atoms with Gasteiger partial charge in [0.25, 0.3) is 0 Å². The van der Waals surface area contributed by atoms with Crippen molar-refractivity contribution in [3.05, 3.63) is 30.4 Å². The third kappa shape index (κ3) is 2.81. The van der Waals surface area contributed by atoms with E-state index in [0.717, 1.165) is 24.0 Å². The topological polar surface area (TPSA) is 17.8 Å². The van der Waals surface area contributed by atoms with Crippen LogP contribution in [0, 0.1) is 0 Å². The van der Waals surface area contributed by atoms with Crippen molar-refractivity contribution in [3.63, 3.8) is 0 Å². The summed E-state index contributed by atoms with van der Waals surface area (Å²) in [6, 6.07) is 0. The molecule has 0 atom stereocenters. The van der Waals surface area contributed by atoms with Crippen LogP contribution in [0.15, 0.2) is 24.5 Å². The maximum atomic E-state index is 4.21. The first-order valence-corrected chi connectivity index (χ1v) is 5.14. The summed E-state index contributed by atoms with van der Waals surface area (Å²) in [5, 5.41) is 1.03. The minimum atomic E-state index is 0.927. The van der Waals surface area contributed by atoms with Gasteiger partial charge in [0.15, 0.2) is 0 Å². The number of alkyl halides is 1. The van der Waals surface area contributed by atoms with Crippen molar-refractivity contribution in [2.24, 2.45) is 7.05 Å². The Morgan fingerprint density at radius 1 is 1.58 bits per heavy atom. The average molecular weight is 229 g/mol. The van der Waals surface area contributed by atoms with Crippen LogP contribution in [0.3, 0.4) is 0 Å². The van der Waals surface area contributed by atoms with Crippen molar-refractivity contribution in [2.45, 2.75) is 12.8 Å². The molecule has 3 heteroatoms. The van der Waals surface area contributed by atoms with E-state index in [1.807, 2.05) is 24.0 Å². The summed E-state index contributed by atoms with van der Waals surface area (Å²) in [7, 11) is 2.01. The smallest absolute Gasteiger partial charge is 0.112 e. The predicted molar refractivity (Wildman–Crippen MR) is 54.5 cm³/mol. The molecule has 0 fully saturated rings. The van der Waals surface area contributed by atoms with Crippen molar-refractivity contribution in [2.75, 3.05) is 5.33 Å². The second-order valence-corrected chi connectivity index (χ2v) is 3.40. The summed E-state index contributed by atoms with van der Waals surface area (Å²) in [6.07, 6.45) is 10.1. The Kier molecular flexibility index (Phi) is 4.08. The molecule has 0 aliphatic heterocycles. The highest BCUT2D eigenvalue weighted by Gasteiger charge is 1.93. The molecule has 12 heavy (non-hydrogen) atoms. The van der Waals surface area contributed by atoms with Crippen molar-refractivity contribution in [1.82, 2.24) is 9.55 Å². The molecular weight excluding hydrogens is 216 g/mol. The van der Waals surface area contributed by atoms with Gasteiger partial charge in [-0.25, -0.2) is 4.98 Å². The lowest BCUT2D eigenvalue weighted by atomic mass is 10.3. The number of aryl methyl sites for hydroxylation is 1.